The third-order valence-electron chi connectivity index (χ3n) is 3.71. The van der Waals surface area contributed by atoms with Crippen LogP contribution in [0.3, 0.4) is 0 Å². The van der Waals surface area contributed by atoms with Gasteiger partial charge in [0.1, 0.15) is 0 Å². The van der Waals surface area contributed by atoms with Crippen molar-refractivity contribution in [2.75, 3.05) is 6.54 Å². The molecule has 20 heavy (non-hydrogen) atoms. The first-order chi connectivity index (χ1) is 9.86. The molecule has 0 aromatic carbocycles. The fraction of sp³-hybridized carbons (Fsp3) is 0.875. The first kappa shape index (κ1) is 17.2. The Bertz CT molecular complexity index is 322. The van der Waals surface area contributed by atoms with Crippen LogP contribution < -0.4 is 5.73 Å². The number of nitrogens with two attached hydrogens (primary N) is 1. The van der Waals surface area contributed by atoms with Crippen molar-refractivity contribution in [2.45, 2.75) is 84.1 Å². The van der Waals surface area contributed by atoms with Crippen LogP contribution in [0.25, 0.3) is 0 Å². The molecule has 0 aliphatic rings. The van der Waals surface area contributed by atoms with E-state index in [0.29, 0.717) is 0 Å². The number of aromatic nitrogens is 3. The van der Waals surface area contributed by atoms with Crippen molar-refractivity contribution in [3.63, 3.8) is 0 Å². The number of hydrogen-bond donors (Lipinski definition) is 1. The Balaban J connectivity index is 1.99. The molecule has 0 spiro atoms. The second-order valence-electron chi connectivity index (χ2n) is 5.69. The lowest BCUT2D eigenvalue weighted by atomic mass is 10.1. The topological polar surface area (TPSA) is 56.7 Å². The van der Waals surface area contributed by atoms with Crippen LogP contribution in [-0.4, -0.2) is 21.5 Å². The summed E-state index contributed by atoms with van der Waals surface area (Å²) in [6.07, 6.45) is 16.1. The van der Waals surface area contributed by atoms with Gasteiger partial charge in [-0.15, -0.1) is 5.10 Å². The van der Waals surface area contributed by atoms with Crippen LogP contribution in [-0.2, 0) is 13.0 Å². The lowest BCUT2D eigenvalue weighted by Crippen LogP contribution is -1.99. The number of rotatable bonds is 13. The monoisotopic (exact) mass is 280 g/mol. The lowest BCUT2D eigenvalue weighted by molar-refractivity contribution is 0.510. The number of nitrogens with zero attached hydrogens (tertiary/aromatic N) is 3. The van der Waals surface area contributed by atoms with Crippen LogP contribution in [0.5, 0.6) is 0 Å². The number of unbranched alkanes of at least 4 members (excludes halogenated alkanes) is 8. The van der Waals surface area contributed by atoms with Crippen LogP contribution in [0, 0.1) is 0 Å². The van der Waals surface area contributed by atoms with E-state index in [-0.39, 0.29) is 0 Å². The molecule has 116 valence electrons. The molecule has 0 radical (unpaired) electrons. The Morgan fingerprint density at radius 2 is 1.65 bits per heavy atom. The zero-order valence-electron chi connectivity index (χ0n) is 13.2. The molecule has 0 atom stereocenters. The fourth-order valence-corrected chi connectivity index (χ4v) is 2.42. The second kappa shape index (κ2) is 11.9. The molecule has 1 aromatic rings. The van der Waals surface area contributed by atoms with E-state index in [1.807, 2.05) is 4.68 Å². The highest BCUT2D eigenvalue weighted by Crippen LogP contribution is 2.09. The van der Waals surface area contributed by atoms with E-state index in [2.05, 4.69) is 23.4 Å². The van der Waals surface area contributed by atoms with Gasteiger partial charge in [-0.3, -0.25) is 4.68 Å². The average molecular weight is 280 g/mol. The minimum atomic E-state index is 0.770. The van der Waals surface area contributed by atoms with E-state index in [0.717, 1.165) is 38.0 Å². The molecule has 0 amide bonds. The molecule has 1 heterocycles. The maximum atomic E-state index is 5.49. The molecule has 0 saturated heterocycles. The summed E-state index contributed by atoms with van der Waals surface area (Å²) in [6, 6.07) is 0. The van der Waals surface area contributed by atoms with Crippen molar-refractivity contribution in [3.8, 4) is 0 Å². The molecule has 0 aliphatic carbocycles. The van der Waals surface area contributed by atoms with E-state index in [9.17, 15) is 0 Å². The smallest absolute Gasteiger partial charge is 0.0827 e. The van der Waals surface area contributed by atoms with Gasteiger partial charge in [-0.25, -0.2) is 0 Å². The molecule has 1 rings (SSSR count). The van der Waals surface area contributed by atoms with Gasteiger partial charge < -0.3 is 5.73 Å². The Hall–Kier alpha value is -0.900. The minimum Gasteiger partial charge on any atom is -0.330 e. The highest BCUT2D eigenvalue weighted by molar-refractivity contribution is 4.92. The SMILES string of the molecule is CCCCCCCCCCn1cc(CCCCN)nn1. The van der Waals surface area contributed by atoms with Crippen molar-refractivity contribution in [3.05, 3.63) is 11.9 Å². The van der Waals surface area contributed by atoms with E-state index in [1.165, 1.54) is 51.4 Å². The summed E-state index contributed by atoms with van der Waals surface area (Å²) in [7, 11) is 0. The summed E-state index contributed by atoms with van der Waals surface area (Å²) in [4.78, 5) is 0. The van der Waals surface area contributed by atoms with Crippen LogP contribution in [0.2, 0.25) is 0 Å². The summed E-state index contributed by atoms with van der Waals surface area (Å²) in [5, 5.41) is 8.40. The van der Waals surface area contributed by atoms with Crippen LogP contribution in [0.15, 0.2) is 6.20 Å². The first-order valence-electron chi connectivity index (χ1n) is 8.46. The standard InChI is InChI=1S/C16H32N4/c1-2-3-4-5-6-7-8-11-14-20-15-16(18-19-20)12-9-10-13-17/h15H,2-14,17H2,1H3. The highest BCUT2D eigenvalue weighted by atomic mass is 15.4. The second-order valence-corrected chi connectivity index (χ2v) is 5.69. The molecule has 0 saturated carbocycles. The Kier molecular flexibility index (Phi) is 10.2. The predicted octanol–water partition coefficient (Wildman–Crippen LogP) is 3.70. The van der Waals surface area contributed by atoms with Gasteiger partial charge in [0.05, 0.1) is 5.69 Å². The quantitative estimate of drug-likeness (QED) is 0.560. The number of aryl methyl sites for hydroxylation is 2. The third kappa shape index (κ3) is 8.31. The normalized spacial score (nSPS) is 11.1. The lowest BCUT2D eigenvalue weighted by Gasteiger charge is -2.01. The highest BCUT2D eigenvalue weighted by Gasteiger charge is 2.00. The van der Waals surface area contributed by atoms with Crippen molar-refractivity contribution >= 4 is 0 Å². The fourth-order valence-electron chi connectivity index (χ4n) is 2.42. The summed E-state index contributed by atoms with van der Waals surface area (Å²) in [6.45, 7) is 4.05. The summed E-state index contributed by atoms with van der Waals surface area (Å²) >= 11 is 0. The number of hydrogen-bond acceptors (Lipinski definition) is 3. The molecule has 2 N–H and O–H groups in total. The van der Waals surface area contributed by atoms with Crippen molar-refractivity contribution < 1.29 is 0 Å². The van der Waals surface area contributed by atoms with E-state index >= 15 is 0 Å². The van der Waals surface area contributed by atoms with Gasteiger partial charge >= 0.3 is 0 Å². The zero-order valence-corrected chi connectivity index (χ0v) is 13.2. The van der Waals surface area contributed by atoms with Crippen molar-refractivity contribution in [1.82, 2.24) is 15.0 Å². The van der Waals surface area contributed by atoms with Gasteiger partial charge in [-0.05, 0) is 32.2 Å². The van der Waals surface area contributed by atoms with Crippen molar-refractivity contribution in [2.24, 2.45) is 5.73 Å². The molecule has 4 heteroatoms. The Morgan fingerprint density at radius 1 is 0.950 bits per heavy atom. The van der Waals surface area contributed by atoms with Crippen LogP contribution in [0.1, 0.15) is 76.8 Å². The maximum Gasteiger partial charge on any atom is 0.0827 e. The van der Waals surface area contributed by atoms with Gasteiger partial charge in [0.2, 0.25) is 0 Å². The Morgan fingerprint density at radius 3 is 2.35 bits per heavy atom. The Labute approximate surface area is 124 Å². The van der Waals surface area contributed by atoms with Crippen LogP contribution >= 0.6 is 0 Å². The molecule has 4 nitrogen and oxygen atoms in total. The van der Waals surface area contributed by atoms with Gasteiger partial charge in [-0.1, -0.05) is 57.1 Å². The average Bonchev–Trinajstić information content (AvgIpc) is 2.90. The molecule has 1 aromatic heterocycles. The molecule has 0 bridgehead atoms. The largest absolute Gasteiger partial charge is 0.330 e. The van der Waals surface area contributed by atoms with Gasteiger partial charge in [0.25, 0.3) is 0 Å². The summed E-state index contributed by atoms with van der Waals surface area (Å²) in [5.41, 5.74) is 6.60. The van der Waals surface area contributed by atoms with Gasteiger partial charge in [0, 0.05) is 12.7 Å². The van der Waals surface area contributed by atoms with Crippen molar-refractivity contribution in [1.29, 1.82) is 0 Å². The minimum absolute atomic E-state index is 0.770. The van der Waals surface area contributed by atoms with E-state index < -0.39 is 0 Å². The van der Waals surface area contributed by atoms with Gasteiger partial charge in [-0.2, -0.15) is 0 Å². The molecule has 0 fully saturated rings. The van der Waals surface area contributed by atoms with Gasteiger partial charge in [0.15, 0.2) is 0 Å². The predicted molar refractivity (Wildman–Crippen MR) is 84.6 cm³/mol. The summed E-state index contributed by atoms with van der Waals surface area (Å²) in [5.74, 6) is 0. The summed E-state index contributed by atoms with van der Waals surface area (Å²) < 4.78 is 1.99. The molecular formula is C16H32N4. The van der Waals surface area contributed by atoms with E-state index in [4.69, 9.17) is 5.73 Å². The first-order valence-corrected chi connectivity index (χ1v) is 8.46. The molecule has 0 unspecified atom stereocenters. The van der Waals surface area contributed by atoms with E-state index in [1.54, 1.807) is 0 Å². The zero-order chi connectivity index (χ0) is 14.5. The maximum absolute atomic E-state index is 5.49. The molecule has 0 aliphatic heterocycles. The molecular weight excluding hydrogens is 248 g/mol. The van der Waals surface area contributed by atoms with Crippen LogP contribution in [0.4, 0.5) is 0 Å². The third-order valence-corrected chi connectivity index (χ3v) is 3.71.